The van der Waals surface area contributed by atoms with Gasteiger partial charge in [-0.3, -0.25) is 4.79 Å². The highest BCUT2D eigenvalue weighted by atomic mass is 19.1. The van der Waals surface area contributed by atoms with Crippen molar-refractivity contribution in [3.8, 4) is 11.5 Å². The fourth-order valence-electron chi connectivity index (χ4n) is 2.99. The molecule has 28 heavy (non-hydrogen) atoms. The summed E-state index contributed by atoms with van der Waals surface area (Å²) in [7, 11) is 0. The van der Waals surface area contributed by atoms with Crippen LogP contribution >= 0.6 is 0 Å². The molecule has 0 unspecified atom stereocenters. The van der Waals surface area contributed by atoms with Gasteiger partial charge in [-0.25, -0.2) is 9.18 Å². The smallest absolute Gasteiger partial charge is 0.407 e. The van der Waals surface area contributed by atoms with Crippen LogP contribution in [0.15, 0.2) is 48.5 Å². The fraction of sp³-hybridized carbons (Fsp3) is 0.300. The molecule has 148 valence electrons. The molecule has 2 aromatic rings. The third-order valence-electron chi connectivity index (χ3n) is 4.50. The Labute approximate surface area is 161 Å². The van der Waals surface area contributed by atoms with Crippen LogP contribution in [0.25, 0.3) is 0 Å². The summed E-state index contributed by atoms with van der Waals surface area (Å²) in [6.07, 6.45) is -3.39. The number of piperidine rings is 1. The normalized spacial score (nSPS) is 19.1. The zero-order chi connectivity index (χ0) is 20.1. The average molecular weight is 388 g/mol. The number of alkyl halides is 1. The molecule has 1 aliphatic heterocycles. The summed E-state index contributed by atoms with van der Waals surface area (Å²) in [5.41, 5.74) is 6.47. The molecule has 1 fully saturated rings. The lowest BCUT2D eigenvalue weighted by molar-refractivity contribution is 0.0244. The number of nitrogens with two attached hydrogens (primary N) is 1. The summed E-state index contributed by atoms with van der Waals surface area (Å²) in [6.45, 7) is 0.186. The lowest BCUT2D eigenvalue weighted by Gasteiger charge is -2.33. The lowest BCUT2D eigenvalue weighted by atomic mass is 10.1. The Hall–Kier alpha value is -3.29. The second-order valence-electron chi connectivity index (χ2n) is 6.49. The number of carboxylic acid groups (broad SMARTS) is 1. The minimum atomic E-state index is -1.51. The molecule has 0 radical (unpaired) electrons. The number of halogens is 1. The average Bonchev–Trinajstić information content (AvgIpc) is 2.68. The number of ether oxygens (including phenoxy) is 2. The van der Waals surface area contributed by atoms with Crippen molar-refractivity contribution in [3.05, 3.63) is 59.7 Å². The first-order valence-corrected chi connectivity index (χ1v) is 8.83. The van der Waals surface area contributed by atoms with Gasteiger partial charge in [-0.05, 0) is 17.7 Å². The molecular weight excluding hydrogens is 367 g/mol. The molecule has 8 heteroatoms. The second kappa shape index (κ2) is 8.60. The second-order valence-corrected chi connectivity index (χ2v) is 6.49. The molecular formula is C20H21FN2O5. The zero-order valence-corrected chi connectivity index (χ0v) is 15.1. The van der Waals surface area contributed by atoms with E-state index in [1.165, 1.54) is 12.1 Å². The summed E-state index contributed by atoms with van der Waals surface area (Å²) < 4.78 is 25.8. The molecule has 3 N–H and O–H groups in total. The predicted octanol–water partition coefficient (Wildman–Crippen LogP) is 2.83. The van der Waals surface area contributed by atoms with E-state index in [-0.39, 0.29) is 30.8 Å². The van der Waals surface area contributed by atoms with Gasteiger partial charge in [0.1, 0.15) is 24.2 Å². The first-order valence-electron chi connectivity index (χ1n) is 8.83. The van der Waals surface area contributed by atoms with Crippen molar-refractivity contribution in [2.75, 3.05) is 13.1 Å². The fourth-order valence-corrected chi connectivity index (χ4v) is 2.99. The monoisotopic (exact) mass is 388 g/mol. The van der Waals surface area contributed by atoms with Crippen LogP contribution in [0.3, 0.4) is 0 Å². The van der Waals surface area contributed by atoms with Gasteiger partial charge < -0.3 is 25.2 Å². The van der Waals surface area contributed by atoms with Crippen molar-refractivity contribution < 1.29 is 28.6 Å². The highest BCUT2D eigenvalue weighted by molar-refractivity contribution is 5.95. The third kappa shape index (κ3) is 4.70. The van der Waals surface area contributed by atoms with Gasteiger partial charge in [-0.15, -0.1) is 0 Å². The first-order chi connectivity index (χ1) is 13.4. The molecule has 1 heterocycles. The number of carbonyl (C=O) groups is 2. The third-order valence-corrected chi connectivity index (χ3v) is 4.50. The predicted molar refractivity (Wildman–Crippen MR) is 99.3 cm³/mol. The van der Waals surface area contributed by atoms with Crippen LogP contribution in [0.1, 0.15) is 22.3 Å². The van der Waals surface area contributed by atoms with Gasteiger partial charge >= 0.3 is 6.09 Å². The molecule has 0 bridgehead atoms. The van der Waals surface area contributed by atoms with Gasteiger partial charge in [-0.1, -0.05) is 30.3 Å². The van der Waals surface area contributed by atoms with Crippen molar-refractivity contribution >= 4 is 12.0 Å². The highest BCUT2D eigenvalue weighted by Crippen LogP contribution is 2.29. The topological polar surface area (TPSA) is 102 Å². The number of nitrogens with zero attached hydrogens (tertiary/aromatic N) is 1. The molecule has 0 spiro atoms. The Balaban J connectivity index is 1.73. The van der Waals surface area contributed by atoms with Crippen LogP contribution in [-0.2, 0) is 6.61 Å². The summed E-state index contributed by atoms with van der Waals surface area (Å²) in [5, 5.41) is 8.98. The molecule has 7 nitrogen and oxygen atoms in total. The molecule has 3 rings (SSSR count). The number of primary amides is 1. The number of benzene rings is 2. The first kappa shape index (κ1) is 19.5. The summed E-state index contributed by atoms with van der Waals surface area (Å²) in [5.74, 6) is -0.139. The SMILES string of the molecule is NC(=O)c1ccc(OCc2ccccc2)cc1O[C@@H]1CCN(C(=O)O)C[C@H]1F. The minimum absolute atomic E-state index is 0.111. The number of hydrogen-bond donors (Lipinski definition) is 2. The number of amides is 2. The molecule has 2 aromatic carbocycles. The van der Waals surface area contributed by atoms with Crippen LogP contribution in [0.5, 0.6) is 11.5 Å². The summed E-state index contributed by atoms with van der Waals surface area (Å²) >= 11 is 0. The van der Waals surface area contributed by atoms with E-state index in [2.05, 4.69) is 0 Å². The number of carbonyl (C=O) groups excluding carboxylic acids is 1. The van der Waals surface area contributed by atoms with Gasteiger partial charge in [0.2, 0.25) is 0 Å². The Bertz CT molecular complexity index is 846. The van der Waals surface area contributed by atoms with Gasteiger partial charge in [0, 0.05) is 19.0 Å². The maximum absolute atomic E-state index is 14.4. The number of likely N-dealkylation sites (tertiary alicyclic amines) is 1. The van der Waals surface area contributed by atoms with Crippen LogP contribution in [0, 0.1) is 0 Å². The standard InChI is InChI=1S/C20H21FN2O5/c21-16-11-23(20(25)26)9-8-17(16)28-18-10-14(6-7-15(18)19(22)24)27-12-13-4-2-1-3-5-13/h1-7,10,16-17H,8-9,11-12H2,(H2,22,24)(H,25,26)/t16-,17-/m1/s1. The number of rotatable bonds is 6. The number of hydrogen-bond acceptors (Lipinski definition) is 4. The van der Waals surface area contributed by atoms with Crippen LogP contribution in [0.2, 0.25) is 0 Å². The molecule has 1 saturated heterocycles. The van der Waals surface area contributed by atoms with E-state index < -0.39 is 24.3 Å². The van der Waals surface area contributed by atoms with Crippen molar-refractivity contribution in [2.45, 2.75) is 25.3 Å². The maximum atomic E-state index is 14.4. The van der Waals surface area contributed by atoms with Gasteiger partial charge in [0.25, 0.3) is 5.91 Å². The van der Waals surface area contributed by atoms with Crippen LogP contribution in [-0.4, -0.2) is 47.4 Å². The van der Waals surface area contributed by atoms with E-state index in [1.54, 1.807) is 6.07 Å². The van der Waals surface area contributed by atoms with E-state index in [9.17, 15) is 14.0 Å². The van der Waals surface area contributed by atoms with Crippen molar-refractivity contribution in [3.63, 3.8) is 0 Å². The van der Waals surface area contributed by atoms with Gasteiger partial charge in [0.15, 0.2) is 6.17 Å². The lowest BCUT2D eigenvalue weighted by Crippen LogP contribution is -2.48. The van der Waals surface area contributed by atoms with Crippen molar-refractivity contribution in [1.82, 2.24) is 4.90 Å². The van der Waals surface area contributed by atoms with Gasteiger partial charge in [-0.2, -0.15) is 0 Å². The molecule has 0 aromatic heterocycles. The summed E-state index contributed by atoms with van der Waals surface area (Å²) in [4.78, 5) is 23.7. The highest BCUT2D eigenvalue weighted by Gasteiger charge is 2.33. The van der Waals surface area contributed by atoms with E-state index in [0.29, 0.717) is 12.4 Å². The molecule has 0 aliphatic carbocycles. The Morgan fingerprint density at radius 2 is 1.96 bits per heavy atom. The largest absolute Gasteiger partial charge is 0.489 e. The Morgan fingerprint density at radius 3 is 2.61 bits per heavy atom. The molecule has 1 aliphatic rings. The van der Waals surface area contributed by atoms with Crippen LogP contribution in [0.4, 0.5) is 9.18 Å². The van der Waals surface area contributed by atoms with Crippen molar-refractivity contribution in [2.24, 2.45) is 5.73 Å². The van der Waals surface area contributed by atoms with E-state index in [0.717, 1.165) is 10.5 Å². The Morgan fingerprint density at radius 1 is 1.21 bits per heavy atom. The van der Waals surface area contributed by atoms with E-state index in [4.69, 9.17) is 20.3 Å². The molecule has 2 amide bonds. The van der Waals surface area contributed by atoms with Crippen LogP contribution < -0.4 is 15.2 Å². The molecule has 0 saturated carbocycles. The summed E-state index contributed by atoms with van der Waals surface area (Å²) in [6, 6.07) is 14.1. The van der Waals surface area contributed by atoms with E-state index in [1.807, 2.05) is 30.3 Å². The van der Waals surface area contributed by atoms with Gasteiger partial charge in [0.05, 0.1) is 12.1 Å². The quantitative estimate of drug-likeness (QED) is 0.792. The maximum Gasteiger partial charge on any atom is 0.407 e. The zero-order valence-electron chi connectivity index (χ0n) is 15.1. The van der Waals surface area contributed by atoms with E-state index >= 15 is 0 Å². The Kier molecular flexibility index (Phi) is 5.98. The molecule has 2 atom stereocenters. The minimum Gasteiger partial charge on any atom is -0.489 e. The van der Waals surface area contributed by atoms with Crippen molar-refractivity contribution in [1.29, 1.82) is 0 Å².